The molecule has 0 radical (unpaired) electrons. The molecule has 0 bridgehead atoms. The van der Waals surface area contributed by atoms with E-state index in [9.17, 15) is 4.79 Å². The molecule has 1 N–H and O–H groups in total. The fraction of sp³-hybridized carbons (Fsp3) is 0.769. The van der Waals surface area contributed by atoms with Gasteiger partial charge in [0, 0.05) is 18.5 Å². The van der Waals surface area contributed by atoms with Gasteiger partial charge in [-0.15, -0.1) is 0 Å². The first-order chi connectivity index (χ1) is 7.20. The summed E-state index contributed by atoms with van der Waals surface area (Å²) in [6, 6.07) is 0.678. The minimum absolute atomic E-state index is 0.121. The summed E-state index contributed by atoms with van der Waals surface area (Å²) in [6.07, 6.45) is 10.4. The van der Waals surface area contributed by atoms with Gasteiger partial charge >= 0.3 is 0 Å². The third-order valence-corrected chi connectivity index (χ3v) is 2.98. The van der Waals surface area contributed by atoms with E-state index in [0.717, 1.165) is 6.54 Å². The molecule has 1 saturated carbocycles. The van der Waals surface area contributed by atoms with Gasteiger partial charge in [0.1, 0.15) is 0 Å². The summed E-state index contributed by atoms with van der Waals surface area (Å²) >= 11 is 0. The molecule has 0 aromatic carbocycles. The van der Waals surface area contributed by atoms with Crippen molar-refractivity contribution < 1.29 is 4.79 Å². The van der Waals surface area contributed by atoms with E-state index < -0.39 is 0 Å². The number of hydrogen-bond donors (Lipinski definition) is 1. The molecule has 0 amide bonds. The molecule has 86 valence electrons. The van der Waals surface area contributed by atoms with Crippen LogP contribution in [0.4, 0.5) is 0 Å². The quantitative estimate of drug-likeness (QED) is 0.705. The summed E-state index contributed by atoms with van der Waals surface area (Å²) in [4.78, 5) is 11.3. The fourth-order valence-corrected chi connectivity index (χ4v) is 1.91. The standard InChI is InChI=1S/C13H23NO/c1-11(2)13(15)9-6-10-14-12-7-4-3-5-8-12/h6,9,11-12,14H,3-5,7-8,10H2,1-2H3/b9-6+. The lowest BCUT2D eigenvalue weighted by molar-refractivity contribution is -0.117. The Morgan fingerprint density at radius 3 is 2.60 bits per heavy atom. The molecular formula is C13H23NO. The van der Waals surface area contributed by atoms with Crippen LogP contribution in [-0.2, 0) is 4.79 Å². The number of rotatable bonds is 5. The maximum atomic E-state index is 11.3. The topological polar surface area (TPSA) is 29.1 Å². The van der Waals surface area contributed by atoms with Gasteiger partial charge in [0.2, 0.25) is 0 Å². The van der Waals surface area contributed by atoms with E-state index >= 15 is 0 Å². The van der Waals surface area contributed by atoms with E-state index in [0.29, 0.717) is 6.04 Å². The Morgan fingerprint density at radius 2 is 2.00 bits per heavy atom. The predicted molar refractivity (Wildman–Crippen MR) is 63.9 cm³/mol. The highest BCUT2D eigenvalue weighted by molar-refractivity contribution is 5.91. The second kappa shape index (κ2) is 6.78. The first kappa shape index (κ1) is 12.4. The van der Waals surface area contributed by atoms with Crippen LogP contribution in [0.2, 0.25) is 0 Å². The Balaban J connectivity index is 2.12. The smallest absolute Gasteiger partial charge is 0.157 e. The first-order valence-electron chi connectivity index (χ1n) is 6.14. The van der Waals surface area contributed by atoms with Gasteiger partial charge in [-0.05, 0) is 18.9 Å². The monoisotopic (exact) mass is 209 g/mol. The van der Waals surface area contributed by atoms with Gasteiger partial charge in [-0.3, -0.25) is 4.79 Å². The zero-order valence-corrected chi connectivity index (χ0v) is 9.96. The van der Waals surface area contributed by atoms with E-state index in [4.69, 9.17) is 0 Å². The Kier molecular flexibility index (Phi) is 5.62. The zero-order valence-electron chi connectivity index (χ0n) is 9.96. The van der Waals surface area contributed by atoms with Gasteiger partial charge in [-0.1, -0.05) is 39.2 Å². The second-order valence-electron chi connectivity index (χ2n) is 4.70. The van der Waals surface area contributed by atoms with Crippen molar-refractivity contribution in [1.82, 2.24) is 5.32 Å². The van der Waals surface area contributed by atoms with Crippen molar-refractivity contribution in [3.8, 4) is 0 Å². The van der Waals surface area contributed by atoms with Crippen LogP contribution in [0.1, 0.15) is 46.0 Å². The molecule has 0 aromatic heterocycles. The Hall–Kier alpha value is -0.630. The molecular weight excluding hydrogens is 186 g/mol. The van der Waals surface area contributed by atoms with Crippen molar-refractivity contribution in [2.75, 3.05) is 6.54 Å². The van der Waals surface area contributed by atoms with Crippen molar-refractivity contribution in [3.05, 3.63) is 12.2 Å². The number of ketones is 1. The lowest BCUT2D eigenvalue weighted by Crippen LogP contribution is -2.31. The molecule has 1 aliphatic rings. The predicted octanol–water partition coefficient (Wildman–Crippen LogP) is 2.69. The number of allylic oxidation sites excluding steroid dienone is 1. The van der Waals surface area contributed by atoms with Crippen LogP contribution in [0.25, 0.3) is 0 Å². The number of carbonyl (C=O) groups excluding carboxylic acids is 1. The molecule has 2 heteroatoms. The van der Waals surface area contributed by atoms with Crippen molar-refractivity contribution >= 4 is 5.78 Å². The van der Waals surface area contributed by atoms with Crippen LogP contribution in [0.15, 0.2) is 12.2 Å². The SMILES string of the molecule is CC(C)C(=O)/C=C/CNC1CCCCC1. The maximum absolute atomic E-state index is 11.3. The Morgan fingerprint density at radius 1 is 1.33 bits per heavy atom. The van der Waals surface area contributed by atoms with Crippen LogP contribution in [0.5, 0.6) is 0 Å². The lowest BCUT2D eigenvalue weighted by Gasteiger charge is -2.21. The molecule has 0 saturated heterocycles. The molecule has 1 rings (SSSR count). The number of hydrogen-bond acceptors (Lipinski definition) is 2. The van der Waals surface area contributed by atoms with Crippen LogP contribution in [0.3, 0.4) is 0 Å². The normalized spacial score (nSPS) is 18.9. The summed E-state index contributed by atoms with van der Waals surface area (Å²) in [5.74, 6) is 0.344. The van der Waals surface area contributed by atoms with Crippen LogP contribution >= 0.6 is 0 Å². The van der Waals surface area contributed by atoms with Crippen molar-refractivity contribution in [3.63, 3.8) is 0 Å². The fourth-order valence-electron chi connectivity index (χ4n) is 1.91. The summed E-state index contributed by atoms with van der Waals surface area (Å²) < 4.78 is 0. The minimum atomic E-state index is 0.121. The van der Waals surface area contributed by atoms with Crippen molar-refractivity contribution in [2.24, 2.45) is 5.92 Å². The molecule has 0 aliphatic heterocycles. The number of carbonyl (C=O) groups is 1. The van der Waals surface area contributed by atoms with Gasteiger partial charge in [-0.25, -0.2) is 0 Å². The van der Waals surface area contributed by atoms with E-state index in [1.165, 1.54) is 32.1 Å². The Labute approximate surface area is 93.1 Å². The van der Waals surface area contributed by atoms with Gasteiger partial charge in [-0.2, -0.15) is 0 Å². The molecule has 0 unspecified atom stereocenters. The van der Waals surface area contributed by atoms with E-state index in [1.807, 2.05) is 19.9 Å². The third-order valence-electron chi connectivity index (χ3n) is 2.98. The van der Waals surface area contributed by atoms with Crippen LogP contribution < -0.4 is 5.32 Å². The summed E-state index contributed by atoms with van der Waals surface area (Å²) in [5.41, 5.74) is 0. The molecule has 1 aliphatic carbocycles. The molecule has 2 nitrogen and oxygen atoms in total. The van der Waals surface area contributed by atoms with Gasteiger partial charge in [0.25, 0.3) is 0 Å². The second-order valence-corrected chi connectivity index (χ2v) is 4.70. The summed E-state index contributed by atoms with van der Waals surface area (Å²) in [5, 5.41) is 3.48. The maximum Gasteiger partial charge on any atom is 0.157 e. The highest BCUT2D eigenvalue weighted by Crippen LogP contribution is 2.16. The van der Waals surface area contributed by atoms with E-state index in [-0.39, 0.29) is 11.7 Å². The zero-order chi connectivity index (χ0) is 11.1. The largest absolute Gasteiger partial charge is 0.311 e. The molecule has 0 aromatic rings. The van der Waals surface area contributed by atoms with Gasteiger partial charge in [0.05, 0.1) is 0 Å². The highest BCUT2D eigenvalue weighted by atomic mass is 16.1. The number of nitrogens with one attached hydrogen (secondary N) is 1. The molecule has 0 heterocycles. The highest BCUT2D eigenvalue weighted by Gasteiger charge is 2.11. The van der Waals surface area contributed by atoms with Crippen molar-refractivity contribution in [1.29, 1.82) is 0 Å². The average Bonchev–Trinajstić information content (AvgIpc) is 2.25. The van der Waals surface area contributed by atoms with Gasteiger partial charge < -0.3 is 5.32 Å². The van der Waals surface area contributed by atoms with Gasteiger partial charge in [0.15, 0.2) is 5.78 Å². The first-order valence-corrected chi connectivity index (χ1v) is 6.14. The molecule has 0 spiro atoms. The average molecular weight is 209 g/mol. The van der Waals surface area contributed by atoms with Crippen LogP contribution in [-0.4, -0.2) is 18.4 Å². The lowest BCUT2D eigenvalue weighted by atomic mass is 9.95. The van der Waals surface area contributed by atoms with Crippen LogP contribution in [0, 0.1) is 5.92 Å². The molecule has 1 fully saturated rings. The molecule has 0 atom stereocenters. The Bertz CT molecular complexity index is 215. The van der Waals surface area contributed by atoms with Crippen molar-refractivity contribution in [2.45, 2.75) is 52.0 Å². The van der Waals surface area contributed by atoms with E-state index in [1.54, 1.807) is 6.08 Å². The molecule has 15 heavy (non-hydrogen) atoms. The summed E-state index contributed by atoms with van der Waals surface area (Å²) in [6.45, 7) is 4.70. The third kappa shape index (κ3) is 5.12. The van der Waals surface area contributed by atoms with E-state index in [2.05, 4.69) is 5.32 Å². The summed E-state index contributed by atoms with van der Waals surface area (Å²) in [7, 11) is 0. The minimum Gasteiger partial charge on any atom is -0.311 e.